The third kappa shape index (κ3) is 6.53. The molecule has 0 atom stereocenters. The lowest BCUT2D eigenvalue weighted by Gasteiger charge is -2.05. The Kier molecular flexibility index (Phi) is 8.25. The molecule has 0 fully saturated rings. The Morgan fingerprint density at radius 2 is 1.60 bits per heavy atom. The second-order valence-corrected chi connectivity index (χ2v) is 9.16. The molecule has 0 radical (unpaired) electrons. The minimum absolute atomic E-state index is 0.537. The van der Waals surface area contributed by atoms with Crippen LogP contribution < -0.4 is 4.90 Å². The van der Waals surface area contributed by atoms with Gasteiger partial charge in [0.1, 0.15) is 10.7 Å². The molecule has 1 aromatic heterocycles. The molecule has 0 amide bonds. The minimum atomic E-state index is 0.537. The zero-order valence-corrected chi connectivity index (χ0v) is 20.9. The van der Waals surface area contributed by atoms with Gasteiger partial charge >= 0.3 is 0 Å². The summed E-state index contributed by atoms with van der Waals surface area (Å²) in [6.07, 6.45) is 1.01. The average Bonchev–Trinajstić information content (AvgIpc) is 3.10. The molecule has 6 nitrogen and oxygen atoms in total. The molecular weight excluding hydrogens is 527 g/mol. The number of halogens is 1. The van der Waals surface area contributed by atoms with Gasteiger partial charge < -0.3 is 4.90 Å². The molecule has 0 spiro atoms. The molecule has 3 aromatic rings. The van der Waals surface area contributed by atoms with Crippen molar-refractivity contribution in [3.05, 3.63) is 60.2 Å². The number of rotatable bonds is 6. The Hall–Kier alpha value is -1.95. The zero-order chi connectivity index (χ0) is 21.5. The number of aryl methyl sites for hydroxylation is 1. The molecule has 3 rings (SSSR count). The van der Waals surface area contributed by atoms with Gasteiger partial charge in [0, 0.05) is 40.8 Å². The SMILES string of the molecule is CCc1ccc(N=Nc2cc([SH2+])c(N=C(I)N=Nc3ccc([NH+](C)C)cc3)s2)cc1. The minimum Gasteiger partial charge on any atom is -0.307 e. The number of thiophene rings is 1. The van der Waals surface area contributed by atoms with Gasteiger partial charge in [0.25, 0.3) is 0 Å². The van der Waals surface area contributed by atoms with E-state index in [1.54, 1.807) is 0 Å². The Labute approximate surface area is 199 Å². The highest BCUT2D eigenvalue weighted by molar-refractivity contribution is 14.1. The monoisotopic (exact) mass is 550 g/mol. The van der Waals surface area contributed by atoms with Gasteiger partial charge in [-0.05, 0) is 48.9 Å². The Bertz CT molecular complexity index is 1070. The van der Waals surface area contributed by atoms with Crippen LogP contribution in [0.1, 0.15) is 12.5 Å². The second-order valence-electron chi connectivity index (χ2n) is 6.65. The van der Waals surface area contributed by atoms with Crippen molar-refractivity contribution in [3.8, 4) is 0 Å². The van der Waals surface area contributed by atoms with E-state index in [-0.39, 0.29) is 0 Å². The lowest BCUT2D eigenvalue weighted by atomic mass is 10.2. The summed E-state index contributed by atoms with van der Waals surface area (Å²) in [6, 6.07) is 17.9. The van der Waals surface area contributed by atoms with Gasteiger partial charge in [-0.1, -0.05) is 30.4 Å². The van der Waals surface area contributed by atoms with Gasteiger partial charge in [0.05, 0.1) is 25.5 Å². The topological polar surface area (TPSA) is 66.2 Å². The van der Waals surface area contributed by atoms with Gasteiger partial charge in [-0.25, -0.2) is 4.99 Å². The highest BCUT2D eigenvalue weighted by Gasteiger charge is 2.11. The van der Waals surface area contributed by atoms with Crippen LogP contribution in [0.4, 0.5) is 27.1 Å². The van der Waals surface area contributed by atoms with Gasteiger partial charge in [0.15, 0.2) is 9.90 Å². The van der Waals surface area contributed by atoms with E-state index >= 15 is 0 Å². The summed E-state index contributed by atoms with van der Waals surface area (Å²) >= 11 is 7.09. The van der Waals surface area contributed by atoms with E-state index in [1.807, 2.05) is 42.5 Å². The molecule has 9 heteroatoms. The van der Waals surface area contributed by atoms with Crippen LogP contribution in [0.2, 0.25) is 0 Å². The van der Waals surface area contributed by atoms with E-state index in [9.17, 15) is 0 Å². The number of hydrogen-bond donors (Lipinski definition) is 1. The fourth-order valence-corrected chi connectivity index (χ4v) is 4.19. The van der Waals surface area contributed by atoms with E-state index in [0.717, 1.165) is 32.7 Å². The van der Waals surface area contributed by atoms with Crippen LogP contribution in [-0.4, -0.2) is 17.9 Å². The van der Waals surface area contributed by atoms with Crippen molar-refractivity contribution in [2.45, 2.75) is 18.2 Å². The number of amidine groups is 1. The second kappa shape index (κ2) is 10.9. The molecule has 0 aliphatic rings. The quantitative estimate of drug-likeness (QED) is 0.0966. The van der Waals surface area contributed by atoms with Crippen molar-refractivity contribution in [3.63, 3.8) is 0 Å². The van der Waals surface area contributed by atoms with Gasteiger partial charge in [-0.3, -0.25) is 0 Å². The number of hydrogen-bond acceptors (Lipinski definition) is 5. The molecule has 0 aliphatic carbocycles. The van der Waals surface area contributed by atoms with Gasteiger partial charge in [0.2, 0.25) is 3.84 Å². The molecule has 0 saturated heterocycles. The van der Waals surface area contributed by atoms with Crippen molar-refractivity contribution in [2.75, 3.05) is 14.1 Å². The summed E-state index contributed by atoms with van der Waals surface area (Å²) in [4.78, 5) is 6.64. The molecule has 2 aromatic carbocycles. The van der Waals surface area contributed by atoms with Crippen LogP contribution >= 0.6 is 33.9 Å². The van der Waals surface area contributed by atoms with E-state index in [0.29, 0.717) is 3.84 Å². The third-order valence-corrected chi connectivity index (χ3v) is 6.13. The molecule has 0 unspecified atom stereocenters. The normalized spacial score (nSPS) is 12.5. The number of azo groups is 2. The van der Waals surface area contributed by atoms with Crippen LogP contribution in [-0.2, 0) is 19.0 Å². The largest absolute Gasteiger partial charge is 0.307 e. The van der Waals surface area contributed by atoms with Crippen LogP contribution in [0.15, 0.2) is 84.9 Å². The van der Waals surface area contributed by atoms with Crippen LogP contribution in [0.25, 0.3) is 0 Å². The smallest absolute Gasteiger partial charge is 0.213 e. The number of nitrogens with one attached hydrogen (secondary N) is 1. The first kappa shape index (κ1) is 22.7. The maximum Gasteiger partial charge on any atom is 0.213 e. The molecule has 0 saturated carbocycles. The highest BCUT2D eigenvalue weighted by atomic mass is 127. The first-order valence-electron chi connectivity index (χ1n) is 9.37. The first-order chi connectivity index (χ1) is 14.4. The maximum absolute atomic E-state index is 4.52. The predicted octanol–water partition coefficient (Wildman–Crippen LogP) is 6.08. The first-order valence-corrected chi connectivity index (χ1v) is 11.8. The van der Waals surface area contributed by atoms with Crippen molar-refractivity contribution < 1.29 is 4.90 Å². The molecule has 0 bridgehead atoms. The van der Waals surface area contributed by atoms with E-state index in [1.165, 1.54) is 27.5 Å². The van der Waals surface area contributed by atoms with Gasteiger partial charge in [-0.2, -0.15) is 0 Å². The van der Waals surface area contributed by atoms with Crippen LogP contribution in [0.5, 0.6) is 0 Å². The summed E-state index contributed by atoms with van der Waals surface area (Å²) in [6.45, 7) is 2.13. The van der Waals surface area contributed by atoms with Gasteiger partial charge in [-0.15, -0.1) is 20.5 Å². The third-order valence-electron chi connectivity index (χ3n) is 4.19. The molecule has 1 N–H and O–H groups in total. The lowest BCUT2D eigenvalue weighted by molar-refractivity contribution is -0.786. The van der Waals surface area contributed by atoms with Crippen molar-refractivity contribution in [1.29, 1.82) is 0 Å². The fraction of sp³-hybridized carbons (Fsp3) is 0.190. The lowest BCUT2D eigenvalue weighted by Crippen LogP contribution is -3.00. The molecule has 30 heavy (non-hydrogen) atoms. The summed E-state index contributed by atoms with van der Waals surface area (Å²) in [5.74, 6) is 0. The molecule has 0 aliphatic heterocycles. The van der Waals surface area contributed by atoms with Crippen molar-refractivity contribution >= 4 is 77.5 Å². The number of nitrogens with zero attached hydrogens (tertiary/aromatic N) is 5. The van der Waals surface area contributed by atoms with E-state index in [2.05, 4.69) is 93.8 Å². The highest BCUT2D eigenvalue weighted by Crippen LogP contribution is 2.37. The Balaban J connectivity index is 1.68. The van der Waals surface area contributed by atoms with Crippen LogP contribution in [0.3, 0.4) is 0 Å². The molecule has 154 valence electrons. The summed E-state index contributed by atoms with van der Waals surface area (Å²) in [5, 5.41) is 18.6. The predicted molar refractivity (Wildman–Crippen MR) is 137 cm³/mol. The standard InChI is InChI=1S/C21H21IN6S2/c1-4-14-5-7-15(8-6-14)24-26-19-13-18(29)20(30-19)23-21(22)27-25-16-9-11-17(12-10-16)28(2)3/h5-13,29H,4H2,1-3H3/p+2. The maximum atomic E-state index is 4.52. The molecular formula is C21H23IN6S2+2. The fourth-order valence-electron chi connectivity index (χ4n) is 2.47. The van der Waals surface area contributed by atoms with Crippen LogP contribution in [0, 0.1) is 0 Å². The Morgan fingerprint density at radius 3 is 2.23 bits per heavy atom. The zero-order valence-electron chi connectivity index (χ0n) is 16.9. The summed E-state index contributed by atoms with van der Waals surface area (Å²) in [5.41, 5.74) is 4.09. The average molecular weight is 550 g/mol. The Morgan fingerprint density at radius 1 is 0.967 bits per heavy atom. The number of aliphatic imine (C=N–C) groups is 1. The summed E-state index contributed by atoms with van der Waals surface area (Å²) in [7, 11) is 4.17. The van der Waals surface area contributed by atoms with Crippen molar-refractivity contribution in [2.24, 2.45) is 25.4 Å². The summed E-state index contributed by atoms with van der Waals surface area (Å²) < 4.78 is 0.537. The molecule has 1 heterocycles. The number of quaternary nitrogens is 1. The van der Waals surface area contributed by atoms with E-state index in [4.69, 9.17) is 0 Å². The van der Waals surface area contributed by atoms with Crippen molar-refractivity contribution in [1.82, 2.24) is 0 Å². The van der Waals surface area contributed by atoms with E-state index < -0.39 is 0 Å². The number of benzene rings is 2.